The number of aliphatic imine (C=N–C) groups is 1. The number of ketones is 2. The molecule has 2 heterocycles. The predicted molar refractivity (Wildman–Crippen MR) is 218 cm³/mol. The van der Waals surface area contributed by atoms with Crippen molar-refractivity contribution >= 4 is 46.9 Å². The number of unbranched alkanes of at least 4 members (excludes halogenated alkanes) is 3. The number of nitrogens with zero attached hydrogens (tertiary/aromatic N) is 1. The first-order valence-electron chi connectivity index (χ1n) is 20.3. The van der Waals surface area contributed by atoms with E-state index in [1.165, 1.54) is 11.5 Å². The lowest BCUT2D eigenvalue weighted by molar-refractivity contribution is -0.288. The van der Waals surface area contributed by atoms with E-state index < -0.39 is 42.5 Å². The molecule has 0 aliphatic carbocycles. The maximum absolute atomic E-state index is 13.9. The minimum Gasteiger partial charge on any atom is -0.387 e. The molecule has 17 heteroatoms. The van der Waals surface area contributed by atoms with Crippen LogP contribution in [0.1, 0.15) is 96.8 Å². The third-order valence-corrected chi connectivity index (χ3v) is 11.5. The van der Waals surface area contributed by atoms with Crippen LogP contribution in [0, 0.1) is 17.8 Å². The van der Waals surface area contributed by atoms with E-state index >= 15 is 0 Å². The Kier molecular flexibility index (Phi) is 27.2. The van der Waals surface area contributed by atoms with Crippen LogP contribution >= 0.6 is 24.4 Å². The monoisotopic (exact) mass is 821 g/mol. The molecule has 0 aromatic rings. The second-order valence-corrected chi connectivity index (χ2v) is 16.3. The summed E-state index contributed by atoms with van der Waals surface area (Å²) in [7, 11) is 0. The molecule has 2 rings (SSSR count). The minimum atomic E-state index is -1.63. The van der Waals surface area contributed by atoms with Gasteiger partial charge in [-0.1, -0.05) is 26.2 Å². The molecular formula is C38H71N5O10S2. The molecule has 0 spiro atoms. The molecule has 320 valence electrons. The molecule has 2 fully saturated rings. The molecule has 55 heavy (non-hydrogen) atoms. The van der Waals surface area contributed by atoms with Crippen LogP contribution in [0.3, 0.4) is 0 Å². The molecule has 0 aromatic carbocycles. The van der Waals surface area contributed by atoms with Gasteiger partial charge in [0.05, 0.1) is 37.6 Å². The van der Waals surface area contributed by atoms with Gasteiger partial charge in [0.25, 0.3) is 0 Å². The van der Waals surface area contributed by atoms with E-state index in [4.69, 9.17) is 25.7 Å². The quantitative estimate of drug-likeness (QED) is 0.0264. The Morgan fingerprint density at radius 2 is 1.60 bits per heavy atom. The van der Waals surface area contributed by atoms with Crippen LogP contribution < -0.4 is 22.1 Å². The molecule has 0 radical (unpaired) electrons. The topological polar surface area (TPSA) is 248 Å². The van der Waals surface area contributed by atoms with E-state index in [1.807, 2.05) is 18.7 Å². The third kappa shape index (κ3) is 20.9. The van der Waals surface area contributed by atoms with Gasteiger partial charge in [-0.25, -0.2) is 0 Å². The molecule has 2 aliphatic rings. The van der Waals surface area contributed by atoms with Gasteiger partial charge in [0, 0.05) is 43.7 Å². The van der Waals surface area contributed by atoms with Crippen molar-refractivity contribution in [2.24, 2.45) is 34.2 Å². The standard InChI is InChI=1S/C38H71N5O10S2/c1-26(9-3-6-16-42-33-12-8-22-55-33)29(44)23-27(10-4-7-15-41-32(40)13-21-54)30(45)24-28(11-2-5-14-39)37(49)43-17-18-51-19-20-52-25-31-34(46)35(47)36(48)38(50)53-31/h26-28,31-32,34-36,38,41,46-48,50,54H,2-25,39-40H2,1H3,(H,43,49)/t26?,27?,28?,31?,32?,34-,35?,36+,38-/m1/s1. The summed E-state index contributed by atoms with van der Waals surface area (Å²) in [5, 5.41) is 46.5. The van der Waals surface area contributed by atoms with Gasteiger partial charge in [0.2, 0.25) is 5.91 Å². The van der Waals surface area contributed by atoms with Crippen LogP contribution in [0.5, 0.6) is 0 Å². The first kappa shape index (κ1) is 49.9. The zero-order valence-electron chi connectivity index (χ0n) is 32.9. The zero-order chi connectivity index (χ0) is 40.4. The molecule has 9 atom stereocenters. The van der Waals surface area contributed by atoms with Crippen LogP contribution in [0.2, 0.25) is 0 Å². The summed E-state index contributed by atoms with van der Waals surface area (Å²) in [4.78, 5) is 45.3. The van der Waals surface area contributed by atoms with E-state index in [0.717, 1.165) is 63.7 Å². The van der Waals surface area contributed by atoms with Crippen molar-refractivity contribution in [1.82, 2.24) is 10.6 Å². The van der Waals surface area contributed by atoms with Crippen LogP contribution in [0.25, 0.3) is 0 Å². The fourth-order valence-corrected chi connectivity index (χ4v) is 7.83. The van der Waals surface area contributed by atoms with Gasteiger partial charge in [-0.2, -0.15) is 12.6 Å². The van der Waals surface area contributed by atoms with Gasteiger partial charge in [0.1, 0.15) is 36.0 Å². The van der Waals surface area contributed by atoms with Gasteiger partial charge >= 0.3 is 0 Å². The lowest BCUT2D eigenvalue weighted by atomic mass is 9.83. The number of ether oxygens (including phenoxy) is 3. The van der Waals surface area contributed by atoms with Crippen molar-refractivity contribution in [2.75, 3.05) is 64.1 Å². The van der Waals surface area contributed by atoms with Crippen molar-refractivity contribution in [3.05, 3.63) is 0 Å². The first-order chi connectivity index (χ1) is 26.5. The Morgan fingerprint density at radius 1 is 0.891 bits per heavy atom. The molecule has 15 nitrogen and oxygen atoms in total. The normalized spacial score (nSPS) is 24.4. The number of aliphatic hydroxyl groups is 4. The van der Waals surface area contributed by atoms with Gasteiger partial charge in [-0.3, -0.25) is 19.4 Å². The number of nitrogens with two attached hydrogens (primary N) is 2. The van der Waals surface area contributed by atoms with E-state index in [-0.39, 0.29) is 75.4 Å². The zero-order valence-corrected chi connectivity index (χ0v) is 34.6. The molecule has 2 aliphatic heterocycles. The number of hydrogen-bond donors (Lipinski definition) is 9. The average Bonchev–Trinajstić information content (AvgIpc) is 3.69. The number of carbonyl (C=O) groups excluding carboxylic acids is 3. The van der Waals surface area contributed by atoms with Crippen LogP contribution in [-0.4, -0.2) is 144 Å². The number of nitrogens with one attached hydrogen (secondary N) is 2. The Hall–Kier alpha value is -1.22. The molecule has 0 saturated carbocycles. The van der Waals surface area contributed by atoms with E-state index in [1.54, 1.807) is 0 Å². The van der Waals surface area contributed by atoms with Gasteiger partial charge in [-0.05, 0) is 82.4 Å². The summed E-state index contributed by atoms with van der Waals surface area (Å²) in [5.74, 6) is 0.462. The average molecular weight is 822 g/mol. The number of aliphatic hydroxyl groups excluding tert-OH is 4. The summed E-state index contributed by atoms with van der Waals surface area (Å²) in [5.41, 5.74) is 11.8. The van der Waals surface area contributed by atoms with Crippen molar-refractivity contribution in [2.45, 2.75) is 134 Å². The number of rotatable bonds is 32. The number of hydrogen-bond acceptors (Lipinski definition) is 16. The Bertz CT molecular complexity index is 1100. The summed E-state index contributed by atoms with van der Waals surface area (Å²) in [6.07, 6.45) is 2.56. The summed E-state index contributed by atoms with van der Waals surface area (Å²) in [6, 6.07) is 0. The number of Topliss-reactive ketones (excluding diaryl/α,β-unsaturated/α-hetero) is 2. The van der Waals surface area contributed by atoms with E-state index in [2.05, 4.69) is 28.3 Å². The highest BCUT2D eigenvalue weighted by atomic mass is 32.2. The maximum atomic E-state index is 13.9. The largest absolute Gasteiger partial charge is 0.387 e. The lowest BCUT2D eigenvalue weighted by Gasteiger charge is -2.38. The Morgan fingerprint density at radius 3 is 2.33 bits per heavy atom. The fourth-order valence-electron chi connectivity index (χ4n) is 6.55. The highest BCUT2D eigenvalue weighted by Crippen LogP contribution is 2.25. The Balaban J connectivity index is 1.86. The van der Waals surface area contributed by atoms with Crippen molar-refractivity contribution in [3.63, 3.8) is 0 Å². The molecule has 6 unspecified atom stereocenters. The van der Waals surface area contributed by atoms with Gasteiger partial charge in [-0.15, -0.1) is 11.8 Å². The molecular weight excluding hydrogens is 751 g/mol. The third-order valence-electron chi connectivity index (χ3n) is 10.1. The fraction of sp³-hybridized carbons (Fsp3) is 0.895. The maximum Gasteiger partial charge on any atom is 0.223 e. The molecule has 1 amide bonds. The van der Waals surface area contributed by atoms with Crippen LogP contribution in [0.15, 0.2) is 4.99 Å². The predicted octanol–water partition coefficient (Wildman–Crippen LogP) is 1.31. The smallest absolute Gasteiger partial charge is 0.223 e. The first-order valence-corrected chi connectivity index (χ1v) is 21.9. The molecule has 0 bridgehead atoms. The SMILES string of the molecule is CC(CCCCN=C1CCCS1)C(=O)CC(CCCCNC(N)CCS)C(=O)CC(CCCCN)C(=O)NCCOCCOCC1O[C@@H](O)[C@@H](O)C(O)[C@@H]1O. The van der Waals surface area contributed by atoms with Crippen molar-refractivity contribution in [3.8, 4) is 0 Å². The molecule has 10 N–H and O–H groups in total. The molecule has 2 saturated heterocycles. The van der Waals surface area contributed by atoms with E-state index in [0.29, 0.717) is 38.1 Å². The second kappa shape index (κ2) is 29.9. The van der Waals surface area contributed by atoms with Gasteiger partial charge < -0.3 is 56.7 Å². The second-order valence-electron chi connectivity index (χ2n) is 14.7. The summed E-state index contributed by atoms with van der Waals surface area (Å²) >= 11 is 6.07. The molecule has 0 aromatic heterocycles. The lowest BCUT2D eigenvalue weighted by Crippen LogP contribution is -2.58. The minimum absolute atomic E-state index is 0.0519. The highest BCUT2D eigenvalue weighted by Gasteiger charge is 2.43. The number of thioether (sulfide) groups is 1. The summed E-state index contributed by atoms with van der Waals surface area (Å²) < 4.78 is 16.1. The van der Waals surface area contributed by atoms with Crippen LogP contribution in [0.4, 0.5) is 0 Å². The summed E-state index contributed by atoms with van der Waals surface area (Å²) in [6.45, 7) is 4.50. The highest BCUT2D eigenvalue weighted by molar-refractivity contribution is 8.14. The number of thiol groups is 1. The van der Waals surface area contributed by atoms with Crippen LogP contribution in [-0.2, 0) is 28.6 Å². The Labute approximate surface area is 337 Å². The van der Waals surface area contributed by atoms with Gasteiger partial charge in [0.15, 0.2) is 6.29 Å². The number of amides is 1. The van der Waals surface area contributed by atoms with Crippen molar-refractivity contribution in [1.29, 1.82) is 0 Å². The van der Waals surface area contributed by atoms with E-state index in [9.17, 15) is 34.8 Å². The van der Waals surface area contributed by atoms with Crippen molar-refractivity contribution < 1.29 is 49.0 Å². The number of carbonyl (C=O) groups is 3.